The van der Waals surface area contributed by atoms with Crippen LogP contribution in [0, 0.1) is 5.82 Å². The van der Waals surface area contributed by atoms with Gasteiger partial charge in [-0.25, -0.2) is 14.4 Å². The predicted molar refractivity (Wildman–Crippen MR) is 90.9 cm³/mol. The summed E-state index contributed by atoms with van der Waals surface area (Å²) in [6.45, 7) is 6.16. The number of piperidine rings is 1. The smallest absolute Gasteiger partial charge is 0.159 e. The molecule has 1 aliphatic heterocycles. The van der Waals surface area contributed by atoms with Crippen molar-refractivity contribution in [2.24, 2.45) is 5.73 Å². The molecule has 0 aliphatic carbocycles. The van der Waals surface area contributed by atoms with Crippen molar-refractivity contribution in [2.45, 2.75) is 38.6 Å². The Kier molecular flexibility index (Phi) is 4.57. The van der Waals surface area contributed by atoms with Crippen LogP contribution in [0.1, 0.15) is 38.3 Å². The fraction of sp³-hybridized carbons (Fsp3) is 0.444. The highest BCUT2D eigenvalue weighted by atomic mass is 19.1. The first-order valence-corrected chi connectivity index (χ1v) is 8.18. The summed E-state index contributed by atoms with van der Waals surface area (Å²) in [6, 6.07) is 6.61. The van der Waals surface area contributed by atoms with E-state index in [1.807, 2.05) is 6.20 Å². The largest absolute Gasteiger partial charge is 0.369 e. The van der Waals surface area contributed by atoms with E-state index in [-0.39, 0.29) is 5.82 Å². The third-order valence-corrected chi connectivity index (χ3v) is 4.33. The fourth-order valence-electron chi connectivity index (χ4n) is 2.94. The van der Waals surface area contributed by atoms with Crippen LogP contribution < -0.4 is 10.6 Å². The first-order valence-electron chi connectivity index (χ1n) is 8.18. The Morgan fingerprint density at radius 2 is 1.83 bits per heavy atom. The number of hydrogen-bond acceptors (Lipinski definition) is 4. The molecule has 1 aromatic heterocycles. The molecule has 1 aliphatic rings. The zero-order chi connectivity index (χ0) is 16.4. The van der Waals surface area contributed by atoms with Crippen molar-refractivity contribution in [1.29, 1.82) is 0 Å². The van der Waals surface area contributed by atoms with Gasteiger partial charge in [-0.3, -0.25) is 0 Å². The van der Waals surface area contributed by atoms with Gasteiger partial charge in [-0.1, -0.05) is 13.8 Å². The Hall–Kier alpha value is -2.01. The minimum atomic E-state index is -0.251. The van der Waals surface area contributed by atoms with Crippen LogP contribution in [0.4, 0.5) is 10.1 Å². The van der Waals surface area contributed by atoms with Crippen LogP contribution in [0.25, 0.3) is 11.4 Å². The number of anilines is 1. The van der Waals surface area contributed by atoms with Gasteiger partial charge < -0.3 is 10.6 Å². The Morgan fingerprint density at radius 3 is 2.43 bits per heavy atom. The second-order valence-electron chi connectivity index (χ2n) is 6.45. The molecule has 4 nitrogen and oxygen atoms in total. The maximum absolute atomic E-state index is 13.1. The molecule has 2 aromatic rings. The van der Waals surface area contributed by atoms with Crippen molar-refractivity contribution < 1.29 is 4.39 Å². The summed E-state index contributed by atoms with van der Waals surface area (Å²) >= 11 is 0. The highest BCUT2D eigenvalue weighted by Gasteiger charge is 2.21. The zero-order valence-electron chi connectivity index (χ0n) is 13.7. The molecule has 0 radical (unpaired) electrons. The van der Waals surface area contributed by atoms with E-state index in [1.54, 1.807) is 12.1 Å². The lowest BCUT2D eigenvalue weighted by Gasteiger charge is -2.33. The highest BCUT2D eigenvalue weighted by molar-refractivity contribution is 5.59. The van der Waals surface area contributed by atoms with Crippen LogP contribution in [0.3, 0.4) is 0 Å². The monoisotopic (exact) mass is 314 g/mol. The number of nitrogens with zero attached hydrogens (tertiary/aromatic N) is 3. The van der Waals surface area contributed by atoms with E-state index >= 15 is 0 Å². The molecule has 122 valence electrons. The van der Waals surface area contributed by atoms with Crippen LogP contribution in [0.5, 0.6) is 0 Å². The van der Waals surface area contributed by atoms with Crippen LogP contribution >= 0.6 is 0 Å². The van der Waals surface area contributed by atoms with E-state index in [0.29, 0.717) is 17.8 Å². The minimum Gasteiger partial charge on any atom is -0.369 e. The van der Waals surface area contributed by atoms with Gasteiger partial charge in [-0.2, -0.15) is 0 Å². The van der Waals surface area contributed by atoms with Crippen LogP contribution in [-0.4, -0.2) is 29.1 Å². The summed E-state index contributed by atoms with van der Waals surface area (Å²) in [4.78, 5) is 11.6. The molecule has 5 heteroatoms. The second kappa shape index (κ2) is 6.62. The Labute approximate surface area is 136 Å². The van der Waals surface area contributed by atoms with Crippen molar-refractivity contribution in [2.75, 3.05) is 18.0 Å². The van der Waals surface area contributed by atoms with E-state index in [0.717, 1.165) is 42.9 Å². The van der Waals surface area contributed by atoms with Gasteiger partial charge >= 0.3 is 0 Å². The maximum atomic E-state index is 13.1. The van der Waals surface area contributed by atoms with Gasteiger partial charge in [0.25, 0.3) is 0 Å². The fourth-order valence-corrected chi connectivity index (χ4v) is 2.94. The number of aromatic nitrogens is 2. The first-order chi connectivity index (χ1) is 11.0. The molecule has 0 saturated carbocycles. The normalized spacial score (nSPS) is 16.1. The minimum absolute atomic E-state index is 0.251. The first kappa shape index (κ1) is 15.9. The molecular weight excluding hydrogens is 291 g/mol. The van der Waals surface area contributed by atoms with Crippen LogP contribution in [0.2, 0.25) is 0 Å². The lowest BCUT2D eigenvalue weighted by Crippen LogP contribution is -2.40. The van der Waals surface area contributed by atoms with Crippen molar-refractivity contribution in [3.05, 3.63) is 42.0 Å². The van der Waals surface area contributed by atoms with Crippen molar-refractivity contribution in [3.63, 3.8) is 0 Å². The Bertz CT molecular complexity index is 661. The van der Waals surface area contributed by atoms with E-state index in [2.05, 4.69) is 23.7 Å². The summed E-state index contributed by atoms with van der Waals surface area (Å²) in [7, 11) is 0. The number of halogens is 1. The molecule has 2 N–H and O–H groups in total. The summed E-state index contributed by atoms with van der Waals surface area (Å²) in [5.41, 5.74) is 8.96. The molecule has 0 amide bonds. The third kappa shape index (κ3) is 3.50. The van der Waals surface area contributed by atoms with Crippen molar-refractivity contribution in [3.8, 4) is 11.4 Å². The lowest BCUT2D eigenvalue weighted by molar-refractivity contribution is 0.499. The highest BCUT2D eigenvalue weighted by Crippen LogP contribution is 2.29. The SMILES string of the molecule is CC(C)c1nc(-c2ccc(F)cc2)ncc1N1CCC(N)CC1. The number of hydrogen-bond donors (Lipinski definition) is 1. The summed E-state index contributed by atoms with van der Waals surface area (Å²) in [6.07, 6.45) is 3.90. The van der Waals surface area contributed by atoms with Gasteiger partial charge in [0, 0.05) is 24.7 Å². The average molecular weight is 314 g/mol. The van der Waals surface area contributed by atoms with E-state index in [1.165, 1.54) is 12.1 Å². The molecule has 1 saturated heterocycles. The van der Waals surface area contributed by atoms with Gasteiger partial charge in [0.15, 0.2) is 5.82 Å². The topological polar surface area (TPSA) is 55.0 Å². The molecule has 0 bridgehead atoms. The van der Waals surface area contributed by atoms with Gasteiger partial charge in [0.05, 0.1) is 17.6 Å². The average Bonchev–Trinajstić information content (AvgIpc) is 2.56. The number of rotatable bonds is 3. The number of nitrogens with two attached hydrogens (primary N) is 1. The van der Waals surface area contributed by atoms with Crippen LogP contribution in [-0.2, 0) is 0 Å². The number of benzene rings is 1. The summed E-state index contributed by atoms with van der Waals surface area (Å²) < 4.78 is 13.1. The standard InChI is InChI=1S/C18H23FN4/c1-12(2)17-16(23-9-7-15(20)8-10-23)11-21-18(22-17)13-3-5-14(19)6-4-13/h3-6,11-12,15H,7-10,20H2,1-2H3. The molecule has 2 heterocycles. The van der Waals surface area contributed by atoms with Crippen molar-refractivity contribution in [1.82, 2.24) is 9.97 Å². The molecule has 1 fully saturated rings. The lowest BCUT2D eigenvalue weighted by atomic mass is 10.0. The molecule has 0 spiro atoms. The Morgan fingerprint density at radius 1 is 1.17 bits per heavy atom. The molecule has 3 rings (SSSR count). The molecular formula is C18H23FN4. The maximum Gasteiger partial charge on any atom is 0.159 e. The summed E-state index contributed by atoms with van der Waals surface area (Å²) in [5, 5.41) is 0. The van der Waals surface area contributed by atoms with Gasteiger partial charge in [0.1, 0.15) is 5.82 Å². The van der Waals surface area contributed by atoms with E-state index < -0.39 is 0 Å². The zero-order valence-corrected chi connectivity index (χ0v) is 13.7. The summed E-state index contributed by atoms with van der Waals surface area (Å²) in [5.74, 6) is 0.688. The van der Waals surface area contributed by atoms with Gasteiger partial charge in [-0.15, -0.1) is 0 Å². The molecule has 0 unspecified atom stereocenters. The van der Waals surface area contributed by atoms with E-state index in [4.69, 9.17) is 10.7 Å². The van der Waals surface area contributed by atoms with Gasteiger partial charge in [-0.05, 0) is 43.0 Å². The molecule has 23 heavy (non-hydrogen) atoms. The second-order valence-corrected chi connectivity index (χ2v) is 6.45. The van der Waals surface area contributed by atoms with Crippen LogP contribution in [0.15, 0.2) is 30.5 Å². The van der Waals surface area contributed by atoms with Gasteiger partial charge in [0.2, 0.25) is 0 Å². The van der Waals surface area contributed by atoms with E-state index in [9.17, 15) is 4.39 Å². The van der Waals surface area contributed by atoms with Crippen molar-refractivity contribution >= 4 is 5.69 Å². The molecule has 0 atom stereocenters. The molecule has 1 aromatic carbocycles. The third-order valence-electron chi connectivity index (χ3n) is 4.33. The predicted octanol–water partition coefficient (Wildman–Crippen LogP) is 3.33. The quantitative estimate of drug-likeness (QED) is 0.944. The Balaban J connectivity index is 1.94.